The topological polar surface area (TPSA) is 142 Å². The summed E-state index contributed by atoms with van der Waals surface area (Å²) in [6.07, 6.45) is 6.33. The maximum atomic E-state index is 14.2. The number of hydrogen-bond acceptors (Lipinski definition) is 8. The van der Waals surface area contributed by atoms with E-state index in [1.54, 1.807) is 48.6 Å². The minimum absolute atomic E-state index is 0.0108. The van der Waals surface area contributed by atoms with Crippen molar-refractivity contribution in [3.05, 3.63) is 140 Å². The molecule has 1 aliphatic carbocycles. The molecule has 51 heavy (non-hydrogen) atoms. The van der Waals surface area contributed by atoms with Crippen molar-refractivity contribution >= 4 is 38.0 Å². The Labute approximate surface area is 300 Å². The summed E-state index contributed by atoms with van der Waals surface area (Å²) in [5.41, 5.74) is 11.4. The third kappa shape index (κ3) is 9.83. The fraction of sp³-hybridized carbons (Fsp3) is 0.275. The average molecular weight is 729 g/mol. The van der Waals surface area contributed by atoms with Gasteiger partial charge in [0, 0.05) is 42.7 Å². The second-order valence-electron chi connectivity index (χ2n) is 12.6. The van der Waals surface area contributed by atoms with Crippen LogP contribution < -0.4 is 11.1 Å². The van der Waals surface area contributed by atoms with Crippen molar-refractivity contribution < 1.29 is 33.0 Å². The van der Waals surface area contributed by atoms with E-state index < -0.39 is 43.8 Å². The molecule has 11 heteroatoms. The van der Waals surface area contributed by atoms with Gasteiger partial charge in [0.05, 0.1) is 5.40 Å². The number of allylic oxidation sites excluding steroid dienone is 4. The van der Waals surface area contributed by atoms with Crippen molar-refractivity contribution in [3.8, 4) is 11.1 Å². The molecular formula is C40H46N2O7P2. The highest BCUT2D eigenvalue weighted by Crippen LogP contribution is 2.69. The molecule has 0 bridgehead atoms. The quantitative estimate of drug-likeness (QED) is 0.0541. The highest BCUT2D eigenvalue weighted by atomic mass is 31.2. The molecule has 3 aromatic carbocycles. The molecule has 0 fully saturated rings. The number of carbonyl (C=O) groups is 3. The fourth-order valence-electron chi connectivity index (χ4n) is 6.57. The molecule has 3 aromatic rings. The van der Waals surface area contributed by atoms with Gasteiger partial charge < -0.3 is 29.7 Å². The standard InChI is InChI=1S/C40H46N2O7P2/c1-5-23-50(46,24-6-2)38(51(47,25-7-3)26-8-4)27-29-17-19-30(20-18-29)42-37(43)22-21-36(41)39(44)49-40(45)48-28-35-33-15-11-9-13-31(33)32-14-10-12-16-34(32)35/h5-20,35-36,38H,1-4,21-28,41H2,(H,42,43)/t36-/m0/s1. The summed E-state index contributed by atoms with van der Waals surface area (Å²) in [5, 5.41) is 2.15. The van der Waals surface area contributed by atoms with Gasteiger partial charge in [-0.3, -0.25) is 4.79 Å². The second-order valence-corrected chi connectivity index (χ2v) is 19.5. The van der Waals surface area contributed by atoms with Gasteiger partial charge in [0.2, 0.25) is 5.91 Å². The number of anilines is 1. The van der Waals surface area contributed by atoms with Crippen LogP contribution in [-0.4, -0.2) is 60.7 Å². The molecule has 0 unspecified atom stereocenters. The molecule has 0 aliphatic heterocycles. The summed E-state index contributed by atoms with van der Waals surface area (Å²) in [4.78, 5) is 37.6. The van der Waals surface area contributed by atoms with Gasteiger partial charge in [-0.2, -0.15) is 0 Å². The molecule has 9 nitrogen and oxygen atoms in total. The zero-order valence-electron chi connectivity index (χ0n) is 28.8. The molecule has 0 spiro atoms. The van der Waals surface area contributed by atoms with E-state index in [9.17, 15) is 23.5 Å². The van der Waals surface area contributed by atoms with Crippen molar-refractivity contribution in [3.63, 3.8) is 0 Å². The Morgan fingerprint density at radius 3 is 1.75 bits per heavy atom. The normalized spacial score (nSPS) is 13.0. The molecule has 268 valence electrons. The van der Waals surface area contributed by atoms with Crippen LogP contribution in [0.5, 0.6) is 0 Å². The summed E-state index contributed by atoms with van der Waals surface area (Å²) >= 11 is 0. The van der Waals surface area contributed by atoms with E-state index in [1.807, 2.05) is 48.5 Å². The van der Waals surface area contributed by atoms with Gasteiger partial charge in [-0.15, -0.1) is 26.3 Å². The minimum atomic E-state index is -3.02. The van der Waals surface area contributed by atoms with Crippen LogP contribution in [0.2, 0.25) is 0 Å². The monoisotopic (exact) mass is 728 g/mol. The molecule has 1 aliphatic rings. The third-order valence-electron chi connectivity index (χ3n) is 8.99. The first-order valence-electron chi connectivity index (χ1n) is 16.8. The molecule has 0 saturated heterocycles. The number of amides is 1. The highest BCUT2D eigenvalue weighted by molar-refractivity contribution is 7.82. The number of fused-ring (bicyclic) bond motifs is 3. The third-order valence-corrected chi connectivity index (χ3v) is 17.6. The van der Waals surface area contributed by atoms with Gasteiger partial charge in [-0.05, 0) is 52.8 Å². The van der Waals surface area contributed by atoms with E-state index in [1.165, 1.54) is 0 Å². The van der Waals surface area contributed by atoms with Crippen LogP contribution in [0.1, 0.15) is 35.4 Å². The van der Waals surface area contributed by atoms with Crippen LogP contribution in [0.4, 0.5) is 10.5 Å². The Hall–Kier alpha value is -4.55. The first-order valence-corrected chi connectivity index (χ1v) is 21.1. The van der Waals surface area contributed by atoms with Gasteiger partial charge in [0.15, 0.2) is 0 Å². The van der Waals surface area contributed by atoms with Crippen LogP contribution in [-0.2, 0) is 34.6 Å². The first kappa shape index (κ1) is 39.2. The molecule has 1 atom stereocenters. The van der Waals surface area contributed by atoms with Crippen LogP contribution in [0, 0.1) is 0 Å². The van der Waals surface area contributed by atoms with Crippen molar-refractivity contribution in [2.75, 3.05) is 36.6 Å². The summed E-state index contributed by atoms with van der Waals surface area (Å²) in [6, 6.07) is 21.5. The predicted octanol–water partition coefficient (Wildman–Crippen LogP) is 8.56. The van der Waals surface area contributed by atoms with Crippen LogP contribution in [0.15, 0.2) is 123 Å². The van der Waals surface area contributed by atoms with Gasteiger partial charge in [-0.1, -0.05) is 85.0 Å². The van der Waals surface area contributed by atoms with Gasteiger partial charge in [0.25, 0.3) is 0 Å². The van der Waals surface area contributed by atoms with Crippen LogP contribution >= 0.6 is 14.3 Å². The van der Waals surface area contributed by atoms with Crippen molar-refractivity contribution in [2.24, 2.45) is 5.73 Å². The van der Waals surface area contributed by atoms with Crippen molar-refractivity contribution in [1.29, 1.82) is 0 Å². The number of nitrogens with two attached hydrogens (primary N) is 1. The van der Waals surface area contributed by atoms with Crippen molar-refractivity contribution in [2.45, 2.75) is 36.6 Å². The van der Waals surface area contributed by atoms with E-state index >= 15 is 0 Å². The zero-order chi connectivity index (χ0) is 37.0. The SMILES string of the molecule is C=CCP(=O)(CC=C)C(Cc1ccc(NC(=O)CC[C@H](N)C(=O)OC(=O)OCC2c3ccccc3-c3ccccc32)cc1)P(=O)(CC=C)CC=C. The van der Waals surface area contributed by atoms with Gasteiger partial charge in [0.1, 0.15) is 26.9 Å². The Morgan fingerprint density at radius 2 is 1.25 bits per heavy atom. The maximum Gasteiger partial charge on any atom is 0.516 e. The number of rotatable bonds is 19. The lowest BCUT2D eigenvalue weighted by atomic mass is 9.98. The number of hydrogen-bond donors (Lipinski definition) is 2. The predicted molar refractivity (Wildman–Crippen MR) is 206 cm³/mol. The van der Waals surface area contributed by atoms with E-state index in [4.69, 9.17) is 15.2 Å². The van der Waals surface area contributed by atoms with Crippen LogP contribution in [0.25, 0.3) is 11.1 Å². The summed E-state index contributed by atoms with van der Waals surface area (Å²) < 4.78 is 38.6. The summed E-state index contributed by atoms with van der Waals surface area (Å²) in [5.74, 6) is -1.58. The second kappa shape index (κ2) is 18.1. The maximum absolute atomic E-state index is 14.2. The van der Waals surface area contributed by atoms with Gasteiger partial charge in [-0.25, -0.2) is 9.59 Å². The van der Waals surface area contributed by atoms with E-state index in [0.717, 1.165) is 27.8 Å². The molecule has 0 aromatic heterocycles. The average Bonchev–Trinajstić information content (AvgIpc) is 3.43. The lowest BCUT2D eigenvalue weighted by Crippen LogP contribution is -2.35. The molecule has 1 amide bonds. The molecular weight excluding hydrogens is 682 g/mol. The largest absolute Gasteiger partial charge is 0.516 e. The Balaban J connectivity index is 1.29. The van der Waals surface area contributed by atoms with Gasteiger partial charge >= 0.3 is 12.1 Å². The minimum Gasteiger partial charge on any atom is -0.433 e. The van der Waals surface area contributed by atoms with E-state index in [2.05, 4.69) is 31.6 Å². The fourth-order valence-corrected chi connectivity index (χ4v) is 14.9. The molecule has 3 N–H and O–H groups in total. The number of carbonyl (C=O) groups excluding carboxylic acids is 3. The first-order chi connectivity index (χ1) is 24.5. The molecule has 0 heterocycles. The van der Waals surface area contributed by atoms with E-state index in [-0.39, 0.29) is 50.0 Å². The summed E-state index contributed by atoms with van der Waals surface area (Å²) in [7, 11) is -6.04. The molecule has 4 rings (SSSR count). The number of benzene rings is 3. The lowest BCUT2D eigenvalue weighted by Gasteiger charge is -2.33. The zero-order valence-corrected chi connectivity index (χ0v) is 30.6. The number of ether oxygens (including phenoxy) is 2. The van der Waals surface area contributed by atoms with Crippen LogP contribution in [0.3, 0.4) is 0 Å². The Kier molecular flexibility index (Phi) is 13.9. The smallest absolute Gasteiger partial charge is 0.433 e. The number of nitrogens with one attached hydrogen (secondary N) is 1. The summed E-state index contributed by atoms with van der Waals surface area (Å²) in [6.45, 7) is 15.1. The lowest BCUT2D eigenvalue weighted by molar-refractivity contribution is -0.141. The highest BCUT2D eigenvalue weighted by Gasteiger charge is 2.43. The number of esters is 1. The Morgan fingerprint density at radius 1 is 0.765 bits per heavy atom. The molecule has 0 radical (unpaired) electrons. The van der Waals surface area contributed by atoms with E-state index in [0.29, 0.717) is 12.1 Å². The van der Waals surface area contributed by atoms with Crippen molar-refractivity contribution in [1.82, 2.24) is 0 Å². The molecule has 0 saturated carbocycles. The Bertz CT molecular complexity index is 1760.